The predicted molar refractivity (Wildman–Crippen MR) is 123 cm³/mol. The number of imidazole rings is 1. The second-order valence-electron chi connectivity index (χ2n) is 8.04. The van der Waals surface area contributed by atoms with E-state index in [9.17, 15) is 14.0 Å². The van der Waals surface area contributed by atoms with E-state index in [1.165, 1.54) is 21.3 Å². The molecule has 168 valence electrons. The van der Waals surface area contributed by atoms with Crippen molar-refractivity contribution in [3.63, 3.8) is 0 Å². The van der Waals surface area contributed by atoms with E-state index in [0.29, 0.717) is 35.4 Å². The highest BCUT2D eigenvalue weighted by atomic mass is 35.5. The van der Waals surface area contributed by atoms with Crippen molar-refractivity contribution in [3.8, 4) is 16.9 Å². The number of aryl methyl sites for hydroxylation is 1. The van der Waals surface area contributed by atoms with Crippen LogP contribution in [0, 0.1) is 5.82 Å². The number of carbonyl (C=O) groups is 1. The van der Waals surface area contributed by atoms with Crippen LogP contribution in [0.25, 0.3) is 22.3 Å². The van der Waals surface area contributed by atoms with E-state index in [4.69, 9.17) is 16.3 Å². The van der Waals surface area contributed by atoms with Crippen LogP contribution in [0.15, 0.2) is 53.5 Å². The smallest absolute Gasteiger partial charge is 0.330 e. The molecule has 0 saturated heterocycles. The van der Waals surface area contributed by atoms with Crippen LogP contribution in [0.2, 0.25) is 5.02 Å². The van der Waals surface area contributed by atoms with E-state index in [-0.39, 0.29) is 23.2 Å². The number of aromatic nitrogens is 3. The van der Waals surface area contributed by atoms with Crippen molar-refractivity contribution in [1.29, 1.82) is 0 Å². The van der Waals surface area contributed by atoms with Crippen molar-refractivity contribution in [2.75, 3.05) is 7.11 Å². The Morgan fingerprint density at radius 2 is 1.91 bits per heavy atom. The highest BCUT2D eigenvalue weighted by Gasteiger charge is 2.25. The Hall–Kier alpha value is -3.65. The van der Waals surface area contributed by atoms with Gasteiger partial charge in [0.05, 0.1) is 12.6 Å². The minimum atomic E-state index is -0.459. The molecule has 33 heavy (non-hydrogen) atoms. The Bertz CT molecular complexity index is 1460. The average molecular weight is 467 g/mol. The minimum Gasteiger partial charge on any atom is -0.497 e. The van der Waals surface area contributed by atoms with Crippen LogP contribution in [0.3, 0.4) is 0 Å². The number of amides is 1. The standard InChI is InChI=1S/C24H20ClFN4O3/c1-28-21-8-16(15-5-18(25)9-19(26)6-15)10-27-23(21)30(24(28)32)13-22(31)29-11-14-3-4-20(33-2)7-17(14)12-29/h3-10H,11-13H2,1-2H3. The Morgan fingerprint density at radius 3 is 2.67 bits per heavy atom. The number of methoxy groups -OCH3 is 1. The lowest BCUT2D eigenvalue weighted by atomic mass is 10.1. The lowest BCUT2D eigenvalue weighted by Gasteiger charge is -2.15. The summed E-state index contributed by atoms with van der Waals surface area (Å²) in [7, 11) is 3.22. The van der Waals surface area contributed by atoms with E-state index in [2.05, 4.69) is 4.98 Å². The third-order valence-electron chi connectivity index (χ3n) is 5.96. The first-order valence-corrected chi connectivity index (χ1v) is 10.7. The summed E-state index contributed by atoms with van der Waals surface area (Å²) in [6.07, 6.45) is 1.55. The van der Waals surface area contributed by atoms with Gasteiger partial charge in [0.25, 0.3) is 0 Å². The summed E-state index contributed by atoms with van der Waals surface area (Å²) in [5.41, 5.74) is 3.84. The quantitative estimate of drug-likeness (QED) is 0.459. The van der Waals surface area contributed by atoms with Crippen molar-refractivity contribution in [1.82, 2.24) is 19.0 Å². The van der Waals surface area contributed by atoms with Gasteiger partial charge in [-0.1, -0.05) is 17.7 Å². The summed E-state index contributed by atoms with van der Waals surface area (Å²) >= 11 is 5.98. The molecule has 0 bridgehead atoms. The number of hydrogen-bond acceptors (Lipinski definition) is 4. The summed E-state index contributed by atoms with van der Waals surface area (Å²) in [4.78, 5) is 32.1. The fraction of sp³-hybridized carbons (Fsp3) is 0.208. The molecular formula is C24H20ClFN4O3. The monoisotopic (exact) mass is 466 g/mol. The zero-order chi connectivity index (χ0) is 23.3. The first kappa shape index (κ1) is 21.2. The van der Waals surface area contributed by atoms with Crippen molar-refractivity contribution >= 4 is 28.7 Å². The molecular weight excluding hydrogens is 447 g/mol. The normalized spacial score (nSPS) is 12.9. The second-order valence-corrected chi connectivity index (χ2v) is 8.47. The van der Waals surface area contributed by atoms with Crippen molar-refractivity contribution in [2.24, 2.45) is 7.05 Å². The Kier molecular flexibility index (Phi) is 5.17. The van der Waals surface area contributed by atoms with E-state index < -0.39 is 5.82 Å². The van der Waals surface area contributed by atoms with Crippen LogP contribution in [0.1, 0.15) is 11.1 Å². The van der Waals surface area contributed by atoms with Crippen LogP contribution < -0.4 is 10.4 Å². The molecule has 5 rings (SSSR count). The number of hydrogen-bond donors (Lipinski definition) is 0. The van der Waals surface area contributed by atoms with Gasteiger partial charge in [0.2, 0.25) is 5.91 Å². The molecule has 0 fully saturated rings. The molecule has 9 heteroatoms. The highest BCUT2D eigenvalue weighted by molar-refractivity contribution is 6.30. The van der Waals surface area contributed by atoms with Gasteiger partial charge in [-0.3, -0.25) is 13.9 Å². The van der Waals surface area contributed by atoms with Gasteiger partial charge in [-0.25, -0.2) is 14.2 Å². The van der Waals surface area contributed by atoms with Crippen LogP contribution in [-0.2, 0) is 31.5 Å². The molecule has 4 aromatic rings. The van der Waals surface area contributed by atoms with Crippen molar-refractivity contribution < 1.29 is 13.9 Å². The first-order valence-electron chi connectivity index (χ1n) is 10.3. The number of carbonyl (C=O) groups excluding carboxylic acids is 1. The van der Waals surface area contributed by atoms with E-state index in [0.717, 1.165) is 16.9 Å². The molecule has 2 aromatic heterocycles. The molecule has 1 amide bonds. The molecule has 0 spiro atoms. The molecule has 7 nitrogen and oxygen atoms in total. The molecule has 0 saturated carbocycles. The zero-order valence-electron chi connectivity index (χ0n) is 18.0. The largest absolute Gasteiger partial charge is 0.497 e. The maximum Gasteiger partial charge on any atom is 0.330 e. The number of halogens is 2. The predicted octanol–water partition coefficient (Wildman–Crippen LogP) is 3.75. The number of benzene rings is 2. The van der Waals surface area contributed by atoms with Crippen LogP contribution in [-0.4, -0.2) is 32.0 Å². The molecule has 0 aliphatic carbocycles. The fourth-order valence-corrected chi connectivity index (χ4v) is 4.43. The minimum absolute atomic E-state index is 0.126. The molecule has 0 radical (unpaired) electrons. The topological polar surface area (TPSA) is 69.4 Å². The summed E-state index contributed by atoms with van der Waals surface area (Å²) in [5, 5.41) is 0.270. The molecule has 0 N–H and O–H groups in total. The average Bonchev–Trinajstić information content (AvgIpc) is 3.33. The van der Waals surface area contributed by atoms with Gasteiger partial charge in [0.15, 0.2) is 5.65 Å². The van der Waals surface area contributed by atoms with Gasteiger partial charge in [-0.2, -0.15) is 0 Å². The van der Waals surface area contributed by atoms with Crippen LogP contribution >= 0.6 is 11.6 Å². The molecule has 0 unspecified atom stereocenters. The number of rotatable bonds is 4. The van der Waals surface area contributed by atoms with Gasteiger partial charge in [-0.05, 0) is 53.1 Å². The summed E-state index contributed by atoms with van der Waals surface area (Å²) < 4.78 is 21.9. The van der Waals surface area contributed by atoms with E-state index in [1.807, 2.05) is 18.2 Å². The maximum atomic E-state index is 13.8. The third-order valence-corrected chi connectivity index (χ3v) is 6.18. The first-order chi connectivity index (χ1) is 15.8. The Morgan fingerprint density at radius 1 is 1.12 bits per heavy atom. The lowest BCUT2D eigenvalue weighted by molar-refractivity contribution is -0.132. The maximum absolute atomic E-state index is 13.8. The second kappa shape index (κ2) is 8.04. The van der Waals surface area contributed by atoms with Gasteiger partial charge in [-0.15, -0.1) is 0 Å². The summed E-state index contributed by atoms with van der Waals surface area (Å²) in [6.45, 7) is 0.817. The number of nitrogens with zero attached hydrogens (tertiary/aromatic N) is 4. The zero-order valence-corrected chi connectivity index (χ0v) is 18.8. The van der Waals surface area contributed by atoms with E-state index in [1.54, 1.807) is 37.4 Å². The Balaban J connectivity index is 1.45. The van der Waals surface area contributed by atoms with Crippen LogP contribution in [0.4, 0.5) is 4.39 Å². The van der Waals surface area contributed by atoms with Gasteiger partial charge >= 0.3 is 5.69 Å². The van der Waals surface area contributed by atoms with Crippen molar-refractivity contribution in [3.05, 3.63) is 81.1 Å². The summed E-state index contributed by atoms with van der Waals surface area (Å²) in [5.74, 6) is 0.106. The SMILES string of the molecule is COc1ccc2c(c1)CN(C(=O)Cn1c(=O)n(C)c3cc(-c4cc(F)cc(Cl)c4)cnc31)C2. The molecule has 2 aromatic carbocycles. The van der Waals surface area contributed by atoms with Gasteiger partial charge < -0.3 is 9.64 Å². The molecule has 3 heterocycles. The fourth-order valence-electron chi connectivity index (χ4n) is 4.21. The summed E-state index contributed by atoms with van der Waals surface area (Å²) in [6, 6.07) is 11.7. The highest BCUT2D eigenvalue weighted by Crippen LogP contribution is 2.28. The number of pyridine rings is 1. The molecule has 1 aliphatic heterocycles. The number of ether oxygens (including phenoxy) is 1. The number of fused-ring (bicyclic) bond motifs is 2. The Labute approximate surface area is 193 Å². The van der Waals surface area contributed by atoms with Gasteiger partial charge in [0.1, 0.15) is 18.1 Å². The van der Waals surface area contributed by atoms with Crippen LogP contribution in [0.5, 0.6) is 5.75 Å². The molecule has 1 aliphatic rings. The molecule has 0 atom stereocenters. The van der Waals surface area contributed by atoms with Gasteiger partial charge in [0, 0.05) is 36.9 Å². The lowest BCUT2D eigenvalue weighted by Crippen LogP contribution is -2.33. The van der Waals surface area contributed by atoms with Crippen molar-refractivity contribution in [2.45, 2.75) is 19.6 Å². The van der Waals surface area contributed by atoms with E-state index >= 15 is 0 Å². The third kappa shape index (κ3) is 3.76.